The van der Waals surface area contributed by atoms with Crippen LogP contribution in [0.1, 0.15) is 0 Å². The first kappa shape index (κ1) is 13.6. The normalized spacial score (nSPS) is 12.6. The molecule has 0 aliphatic rings. The molecular formula is C10H16N2O5. The van der Waals surface area contributed by atoms with Crippen molar-refractivity contribution in [3.05, 3.63) is 33.1 Å². The van der Waals surface area contributed by atoms with Crippen molar-refractivity contribution >= 4 is 0 Å². The van der Waals surface area contributed by atoms with Gasteiger partial charge in [-0.1, -0.05) is 0 Å². The summed E-state index contributed by atoms with van der Waals surface area (Å²) in [6.45, 7) is 0.696. The minimum Gasteiger partial charge on any atom is -0.394 e. The minimum atomic E-state index is -0.478. The maximum atomic E-state index is 11.3. The fraction of sp³-hybridized carbons (Fsp3) is 0.600. The number of aromatic amines is 1. The van der Waals surface area contributed by atoms with Crippen molar-refractivity contribution in [2.24, 2.45) is 0 Å². The summed E-state index contributed by atoms with van der Waals surface area (Å²) in [7, 11) is 1.51. The van der Waals surface area contributed by atoms with Gasteiger partial charge < -0.3 is 14.6 Å². The van der Waals surface area contributed by atoms with Crippen molar-refractivity contribution in [3.8, 4) is 0 Å². The SMILES string of the molecule is COC[C@H](CO)OCCn1ccc(=O)[nH]c1=O. The highest BCUT2D eigenvalue weighted by Crippen LogP contribution is 1.92. The van der Waals surface area contributed by atoms with Gasteiger partial charge in [0.05, 0.1) is 26.4 Å². The standard InChI is InChI=1S/C10H16N2O5/c1-16-7-8(6-13)17-5-4-12-3-2-9(14)11-10(12)15/h2-3,8,13H,4-7H2,1H3,(H,11,14,15)/t8-/m0/s1. The van der Waals surface area contributed by atoms with Crippen molar-refractivity contribution in [1.82, 2.24) is 9.55 Å². The van der Waals surface area contributed by atoms with E-state index in [0.29, 0.717) is 6.54 Å². The lowest BCUT2D eigenvalue weighted by Gasteiger charge is -2.14. The molecule has 0 bridgehead atoms. The van der Waals surface area contributed by atoms with E-state index in [1.165, 1.54) is 23.9 Å². The maximum absolute atomic E-state index is 11.3. The number of nitrogens with zero attached hydrogens (tertiary/aromatic N) is 1. The van der Waals surface area contributed by atoms with Gasteiger partial charge in [0.1, 0.15) is 6.10 Å². The van der Waals surface area contributed by atoms with Crippen molar-refractivity contribution < 1.29 is 14.6 Å². The Kier molecular flexibility index (Phi) is 5.61. The number of hydrogen-bond donors (Lipinski definition) is 2. The fourth-order valence-electron chi connectivity index (χ4n) is 1.28. The number of hydrogen-bond acceptors (Lipinski definition) is 5. The second-order valence-corrected chi connectivity index (χ2v) is 3.43. The van der Waals surface area contributed by atoms with Crippen LogP contribution in [0.3, 0.4) is 0 Å². The Morgan fingerprint density at radius 2 is 2.29 bits per heavy atom. The number of aliphatic hydroxyl groups excluding tert-OH is 1. The molecule has 17 heavy (non-hydrogen) atoms. The molecule has 2 N–H and O–H groups in total. The average Bonchev–Trinajstić information content (AvgIpc) is 2.30. The number of aromatic nitrogens is 2. The van der Waals surface area contributed by atoms with E-state index in [2.05, 4.69) is 4.98 Å². The topological polar surface area (TPSA) is 93.5 Å². The van der Waals surface area contributed by atoms with Crippen molar-refractivity contribution in [2.45, 2.75) is 12.6 Å². The first-order valence-electron chi connectivity index (χ1n) is 5.18. The lowest BCUT2D eigenvalue weighted by atomic mass is 10.4. The Hall–Kier alpha value is -1.44. The van der Waals surface area contributed by atoms with E-state index in [4.69, 9.17) is 14.6 Å². The van der Waals surface area contributed by atoms with Crippen LogP contribution in [0.15, 0.2) is 21.9 Å². The summed E-state index contributed by atoms with van der Waals surface area (Å²) in [5.74, 6) is 0. The number of methoxy groups -OCH3 is 1. The summed E-state index contributed by atoms with van der Waals surface area (Å²) in [5.41, 5.74) is -0.909. The Bertz CT molecular complexity index is 439. The Morgan fingerprint density at radius 3 is 2.88 bits per heavy atom. The Morgan fingerprint density at radius 1 is 1.53 bits per heavy atom. The molecule has 0 saturated heterocycles. The highest BCUT2D eigenvalue weighted by Gasteiger charge is 2.06. The summed E-state index contributed by atoms with van der Waals surface area (Å²) >= 11 is 0. The van der Waals surface area contributed by atoms with Gasteiger partial charge in [-0.15, -0.1) is 0 Å². The van der Waals surface area contributed by atoms with Gasteiger partial charge in [-0.3, -0.25) is 14.3 Å². The van der Waals surface area contributed by atoms with Crippen LogP contribution < -0.4 is 11.2 Å². The molecule has 1 atom stereocenters. The van der Waals surface area contributed by atoms with Crippen LogP contribution in [0.25, 0.3) is 0 Å². The molecule has 1 rings (SSSR count). The van der Waals surface area contributed by atoms with E-state index in [-0.39, 0.29) is 19.8 Å². The van der Waals surface area contributed by atoms with Gasteiger partial charge in [-0.2, -0.15) is 0 Å². The quantitative estimate of drug-likeness (QED) is 0.612. The van der Waals surface area contributed by atoms with E-state index in [1.807, 2.05) is 0 Å². The van der Waals surface area contributed by atoms with Gasteiger partial charge in [-0.05, 0) is 0 Å². The molecule has 0 aromatic carbocycles. The molecule has 0 radical (unpaired) electrons. The molecule has 1 aromatic rings. The highest BCUT2D eigenvalue weighted by molar-refractivity contribution is 4.82. The van der Waals surface area contributed by atoms with E-state index in [9.17, 15) is 9.59 Å². The van der Waals surface area contributed by atoms with Crippen molar-refractivity contribution in [2.75, 3.05) is 26.9 Å². The van der Waals surface area contributed by atoms with E-state index >= 15 is 0 Å². The molecule has 0 unspecified atom stereocenters. The third kappa shape index (κ3) is 4.51. The van der Waals surface area contributed by atoms with Gasteiger partial charge >= 0.3 is 5.69 Å². The van der Waals surface area contributed by atoms with Gasteiger partial charge in [0.25, 0.3) is 5.56 Å². The summed E-state index contributed by atoms with van der Waals surface area (Å²) < 4.78 is 11.5. The average molecular weight is 244 g/mol. The molecule has 0 amide bonds. The monoisotopic (exact) mass is 244 g/mol. The van der Waals surface area contributed by atoms with Crippen LogP contribution in [0.4, 0.5) is 0 Å². The maximum Gasteiger partial charge on any atom is 0.328 e. The highest BCUT2D eigenvalue weighted by atomic mass is 16.5. The summed E-state index contributed by atoms with van der Waals surface area (Å²) in [5, 5.41) is 8.92. The van der Waals surface area contributed by atoms with Crippen LogP contribution in [-0.4, -0.2) is 47.7 Å². The van der Waals surface area contributed by atoms with Crippen molar-refractivity contribution in [3.63, 3.8) is 0 Å². The lowest BCUT2D eigenvalue weighted by Crippen LogP contribution is -2.31. The van der Waals surface area contributed by atoms with E-state index in [0.717, 1.165) is 0 Å². The molecule has 0 saturated carbocycles. The first-order chi connectivity index (χ1) is 8.17. The molecule has 96 valence electrons. The van der Waals surface area contributed by atoms with Crippen LogP contribution in [0.2, 0.25) is 0 Å². The summed E-state index contributed by atoms with van der Waals surface area (Å²) in [6, 6.07) is 1.26. The minimum absolute atomic E-state index is 0.144. The second kappa shape index (κ2) is 7.00. The van der Waals surface area contributed by atoms with Gasteiger partial charge in [0.15, 0.2) is 0 Å². The number of ether oxygens (including phenoxy) is 2. The molecule has 1 aromatic heterocycles. The smallest absolute Gasteiger partial charge is 0.328 e. The van der Waals surface area contributed by atoms with Gasteiger partial charge in [0, 0.05) is 19.4 Å². The molecule has 0 aliphatic heterocycles. The predicted octanol–water partition coefficient (Wildman–Crippen LogP) is -1.44. The van der Waals surface area contributed by atoms with Crippen LogP contribution in [0, 0.1) is 0 Å². The summed E-state index contributed by atoms with van der Waals surface area (Å²) in [4.78, 5) is 24.2. The van der Waals surface area contributed by atoms with Crippen molar-refractivity contribution in [1.29, 1.82) is 0 Å². The lowest BCUT2D eigenvalue weighted by molar-refractivity contribution is -0.0337. The largest absolute Gasteiger partial charge is 0.394 e. The van der Waals surface area contributed by atoms with Gasteiger partial charge in [-0.25, -0.2) is 4.79 Å². The van der Waals surface area contributed by atoms with E-state index < -0.39 is 17.4 Å². The molecule has 7 nitrogen and oxygen atoms in total. The molecule has 0 aliphatic carbocycles. The predicted molar refractivity (Wildman–Crippen MR) is 60.0 cm³/mol. The van der Waals surface area contributed by atoms with E-state index in [1.54, 1.807) is 0 Å². The molecule has 0 fully saturated rings. The zero-order valence-corrected chi connectivity index (χ0v) is 9.59. The second-order valence-electron chi connectivity index (χ2n) is 3.43. The number of rotatable bonds is 7. The third-order valence-corrected chi connectivity index (χ3v) is 2.14. The molecular weight excluding hydrogens is 228 g/mol. The zero-order chi connectivity index (χ0) is 12.7. The summed E-state index contributed by atoms with van der Waals surface area (Å²) in [6.07, 6.45) is 0.993. The van der Waals surface area contributed by atoms with Crippen LogP contribution in [-0.2, 0) is 16.0 Å². The Labute approximate surface area is 97.6 Å². The van der Waals surface area contributed by atoms with Crippen LogP contribution >= 0.6 is 0 Å². The third-order valence-electron chi connectivity index (χ3n) is 2.14. The number of aliphatic hydroxyl groups is 1. The van der Waals surface area contributed by atoms with Crippen LogP contribution in [0.5, 0.6) is 0 Å². The number of H-pyrrole nitrogens is 1. The van der Waals surface area contributed by atoms with Gasteiger partial charge in [0.2, 0.25) is 0 Å². The first-order valence-corrected chi connectivity index (χ1v) is 5.18. The number of nitrogens with one attached hydrogen (secondary N) is 1. The molecule has 7 heteroatoms. The molecule has 0 spiro atoms. The molecule has 1 heterocycles. The fourth-order valence-corrected chi connectivity index (χ4v) is 1.28. The zero-order valence-electron chi connectivity index (χ0n) is 9.59. The Balaban J connectivity index is 2.45.